The van der Waals surface area contributed by atoms with E-state index in [2.05, 4.69) is 12.1 Å². The number of hydrogen-bond acceptors (Lipinski definition) is 4. The molecule has 0 saturated carbocycles. The lowest BCUT2D eigenvalue weighted by atomic mass is 10.2. The number of rotatable bonds is 1. The average molecular weight is 216 g/mol. The zero-order valence-electron chi connectivity index (χ0n) is 7.02. The van der Waals surface area contributed by atoms with Gasteiger partial charge in [-0.25, -0.2) is 0 Å². The predicted octanol–water partition coefficient (Wildman–Crippen LogP) is 3.22. The Morgan fingerprint density at radius 3 is 1.64 bits per heavy atom. The van der Waals surface area contributed by atoms with Crippen LogP contribution < -0.4 is 0 Å². The fraction of sp³-hybridized carbons (Fsp3) is 0. The van der Waals surface area contributed by atoms with Gasteiger partial charge in [-0.05, 0) is 22.9 Å². The van der Waals surface area contributed by atoms with Gasteiger partial charge in [-0.15, -0.1) is 22.7 Å². The summed E-state index contributed by atoms with van der Waals surface area (Å²) in [5.74, 6) is 0. The van der Waals surface area contributed by atoms with Crippen LogP contribution in [0.1, 0.15) is 11.1 Å². The second-order valence-electron chi connectivity index (χ2n) is 2.55. The fourth-order valence-electron chi connectivity index (χ4n) is 1.15. The highest BCUT2D eigenvalue weighted by Gasteiger charge is 2.11. The van der Waals surface area contributed by atoms with Crippen LogP contribution in [0.25, 0.3) is 9.75 Å². The first-order chi connectivity index (χ1) is 6.86. The van der Waals surface area contributed by atoms with Gasteiger partial charge in [0, 0.05) is 0 Å². The van der Waals surface area contributed by atoms with E-state index in [1.54, 1.807) is 12.1 Å². The molecule has 0 aliphatic heterocycles. The van der Waals surface area contributed by atoms with Crippen molar-refractivity contribution in [2.24, 2.45) is 0 Å². The molecule has 0 saturated heterocycles. The molecular formula is C10H4N2S2. The van der Waals surface area contributed by atoms with Crippen molar-refractivity contribution in [2.75, 3.05) is 0 Å². The molecule has 2 heterocycles. The first kappa shape index (κ1) is 8.96. The van der Waals surface area contributed by atoms with Gasteiger partial charge >= 0.3 is 0 Å². The van der Waals surface area contributed by atoms with Crippen molar-refractivity contribution in [3.05, 3.63) is 34.0 Å². The Kier molecular flexibility index (Phi) is 2.32. The second-order valence-corrected chi connectivity index (χ2v) is 4.38. The Morgan fingerprint density at radius 2 is 1.29 bits per heavy atom. The van der Waals surface area contributed by atoms with Gasteiger partial charge in [0.25, 0.3) is 0 Å². The van der Waals surface area contributed by atoms with Gasteiger partial charge in [0.05, 0.1) is 20.9 Å². The van der Waals surface area contributed by atoms with Crippen molar-refractivity contribution in [1.82, 2.24) is 0 Å². The Bertz CT molecular complexity index is 487. The number of nitrogens with zero attached hydrogens (tertiary/aromatic N) is 2. The lowest BCUT2D eigenvalue weighted by Crippen LogP contribution is -1.75. The molecule has 2 aromatic rings. The van der Waals surface area contributed by atoms with E-state index in [1.165, 1.54) is 22.7 Å². The lowest BCUT2D eigenvalue weighted by Gasteiger charge is -1.93. The van der Waals surface area contributed by atoms with Gasteiger partial charge in [-0.1, -0.05) is 0 Å². The molecule has 0 radical (unpaired) electrons. The summed E-state index contributed by atoms with van der Waals surface area (Å²) in [6.07, 6.45) is 0. The Morgan fingerprint density at radius 1 is 0.857 bits per heavy atom. The molecule has 2 aromatic heterocycles. The molecule has 0 unspecified atom stereocenters. The molecule has 0 fully saturated rings. The maximum Gasteiger partial charge on any atom is 0.101 e. The molecule has 0 N–H and O–H groups in total. The van der Waals surface area contributed by atoms with Crippen molar-refractivity contribution in [1.29, 1.82) is 10.5 Å². The summed E-state index contributed by atoms with van der Waals surface area (Å²) in [6.45, 7) is 0. The van der Waals surface area contributed by atoms with Gasteiger partial charge in [0.1, 0.15) is 12.1 Å². The smallest absolute Gasteiger partial charge is 0.101 e. The maximum absolute atomic E-state index is 8.85. The van der Waals surface area contributed by atoms with Crippen LogP contribution in [0.2, 0.25) is 0 Å². The highest BCUT2D eigenvalue weighted by molar-refractivity contribution is 7.20. The molecule has 14 heavy (non-hydrogen) atoms. The predicted molar refractivity (Wildman–Crippen MR) is 57.1 cm³/mol. The monoisotopic (exact) mass is 216 g/mol. The first-order valence-corrected chi connectivity index (χ1v) is 5.58. The first-order valence-electron chi connectivity index (χ1n) is 3.82. The SMILES string of the molecule is N#Cc1ccsc1-c1sccc1C#N. The summed E-state index contributed by atoms with van der Waals surface area (Å²) < 4.78 is 0. The van der Waals surface area contributed by atoms with E-state index in [9.17, 15) is 0 Å². The largest absolute Gasteiger partial charge is 0.192 e. The van der Waals surface area contributed by atoms with E-state index in [0.29, 0.717) is 11.1 Å². The normalized spacial score (nSPS) is 9.29. The van der Waals surface area contributed by atoms with Crippen molar-refractivity contribution < 1.29 is 0 Å². The fourth-order valence-corrected chi connectivity index (χ4v) is 3.03. The van der Waals surface area contributed by atoms with Crippen LogP contribution in [0.4, 0.5) is 0 Å². The Labute approximate surface area is 89.3 Å². The molecule has 0 aliphatic rings. The third-order valence-electron chi connectivity index (χ3n) is 1.78. The number of nitriles is 2. The number of thiophene rings is 2. The average Bonchev–Trinajstić information content (AvgIpc) is 2.85. The van der Waals surface area contributed by atoms with E-state index < -0.39 is 0 Å². The van der Waals surface area contributed by atoms with Crippen LogP contribution >= 0.6 is 22.7 Å². The summed E-state index contributed by atoms with van der Waals surface area (Å²) in [5, 5.41) is 21.4. The Hall–Kier alpha value is -1.62. The van der Waals surface area contributed by atoms with Crippen molar-refractivity contribution in [2.45, 2.75) is 0 Å². The zero-order chi connectivity index (χ0) is 9.97. The summed E-state index contributed by atoms with van der Waals surface area (Å²) in [6, 6.07) is 7.80. The standard InChI is InChI=1S/C10H4N2S2/c11-5-7-1-3-13-9(7)10-8(6-12)2-4-14-10/h1-4H. The van der Waals surface area contributed by atoms with Gasteiger partial charge in [-0.3, -0.25) is 0 Å². The summed E-state index contributed by atoms with van der Waals surface area (Å²) in [5.41, 5.74) is 1.29. The minimum atomic E-state index is 0.647. The van der Waals surface area contributed by atoms with E-state index >= 15 is 0 Å². The molecule has 0 amide bonds. The highest BCUT2D eigenvalue weighted by atomic mass is 32.1. The molecule has 0 atom stereocenters. The van der Waals surface area contributed by atoms with E-state index in [-0.39, 0.29) is 0 Å². The Balaban J connectivity index is 2.62. The van der Waals surface area contributed by atoms with Crippen LogP contribution in [0.3, 0.4) is 0 Å². The van der Waals surface area contributed by atoms with Crippen LogP contribution in [0, 0.1) is 22.7 Å². The lowest BCUT2D eigenvalue weighted by molar-refractivity contribution is 1.50. The highest BCUT2D eigenvalue weighted by Crippen LogP contribution is 2.35. The third-order valence-corrected chi connectivity index (χ3v) is 3.77. The van der Waals surface area contributed by atoms with Gasteiger partial charge in [0.2, 0.25) is 0 Å². The van der Waals surface area contributed by atoms with Crippen molar-refractivity contribution >= 4 is 22.7 Å². The molecule has 4 heteroatoms. The van der Waals surface area contributed by atoms with E-state index in [1.807, 2.05) is 10.8 Å². The molecular weight excluding hydrogens is 212 g/mol. The molecule has 2 rings (SSSR count). The minimum Gasteiger partial charge on any atom is -0.192 e. The summed E-state index contributed by atoms with van der Waals surface area (Å²) in [4.78, 5) is 1.80. The van der Waals surface area contributed by atoms with Gasteiger partial charge < -0.3 is 0 Å². The van der Waals surface area contributed by atoms with Crippen LogP contribution in [-0.4, -0.2) is 0 Å². The van der Waals surface area contributed by atoms with E-state index in [0.717, 1.165) is 9.75 Å². The molecule has 0 bridgehead atoms. The molecule has 66 valence electrons. The topological polar surface area (TPSA) is 47.6 Å². The van der Waals surface area contributed by atoms with Gasteiger partial charge in [-0.2, -0.15) is 10.5 Å². The van der Waals surface area contributed by atoms with E-state index in [4.69, 9.17) is 10.5 Å². The van der Waals surface area contributed by atoms with Crippen molar-refractivity contribution in [3.8, 4) is 21.9 Å². The summed E-state index contributed by atoms with van der Waals surface area (Å²) >= 11 is 3.00. The summed E-state index contributed by atoms with van der Waals surface area (Å²) in [7, 11) is 0. The molecule has 0 aliphatic carbocycles. The molecule has 0 spiro atoms. The minimum absolute atomic E-state index is 0.647. The quantitative estimate of drug-likeness (QED) is 0.734. The van der Waals surface area contributed by atoms with Crippen LogP contribution in [0.15, 0.2) is 22.9 Å². The number of hydrogen-bond donors (Lipinski definition) is 0. The van der Waals surface area contributed by atoms with Gasteiger partial charge in [0.15, 0.2) is 0 Å². The second kappa shape index (κ2) is 3.63. The van der Waals surface area contributed by atoms with Crippen LogP contribution in [-0.2, 0) is 0 Å². The van der Waals surface area contributed by atoms with Crippen molar-refractivity contribution in [3.63, 3.8) is 0 Å². The van der Waals surface area contributed by atoms with Crippen LogP contribution in [0.5, 0.6) is 0 Å². The molecule has 0 aromatic carbocycles. The maximum atomic E-state index is 8.85. The zero-order valence-corrected chi connectivity index (χ0v) is 8.65. The third kappa shape index (κ3) is 1.31. The molecule has 2 nitrogen and oxygen atoms in total.